The molecule has 3 rings (SSSR count). The molecule has 1 N–H and O–H groups in total. The van der Waals surface area contributed by atoms with Gasteiger partial charge in [0.05, 0.1) is 19.8 Å². The Kier molecular flexibility index (Phi) is 7.75. The first-order valence-corrected chi connectivity index (χ1v) is 11.3. The molecular formula is C24H27N3O5S. The number of hydrogen-bond acceptors (Lipinski definition) is 8. The zero-order valence-electron chi connectivity index (χ0n) is 19.3. The Morgan fingerprint density at radius 3 is 2.39 bits per heavy atom. The summed E-state index contributed by atoms with van der Waals surface area (Å²) in [6.45, 7) is 6.30. The van der Waals surface area contributed by atoms with Crippen LogP contribution in [0.1, 0.15) is 43.1 Å². The van der Waals surface area contributed by atoms with E-state index in [1.54, 1.807) is 44.6 Å². The molecule has 0 fully saturated rings. The van der Waals surface area contributed by atoms with E-state index in [1.807, 2.05) is 12.1 Å². The number of methoxy groups -OCH3 is 2. The lowest BCUT2D eigenvalue weighted by atomic mass is 9.87. The maximum Gasteiger partial charge on any atom is 0.276 e. The number of amides is 2. The highest BCUT2D eigenvalue weighted by Gasteiger charge is 2.17. The average Bonchev–Trinajstić information content (AvgIpc) is 3.26. The number of hydrogen-bond donors (Lipinski definition) is 1. The summed E-state index contributed by atoms with van der Waals surface area (Å²) in [5.41, 5.74) is 2.19. The zero-order chi connectivity index (χ0) is 24.0. The van der Waals surface area contributed by atoms with Gasteiger partial charge in [-0.05, 0) is 35.2 Å². The van der Waals surface area contributed by atoms with Crippen molar-refractivity contribution < 1.29 is 23.5 Å². The Hall–Kier alpha value is -3.33. The second kappa shape index (κ2) is 10.5. The van der Waals surface area contributed by atoms with Crippen molar-refractivity contribution >= 4 is 23.6 Å². The molecule has 33 heavy (non-hydrogen) atoms. The summed E-state index contributed by atoms with van der Waals surface area (Å²) < 4.78 is 16.2. The minimum absolute atomic E-state index is 0.00480. The van der Waals surface area contributed by atoms with Gasteiger partial charge in [0.2, 0.25) is 5.91 Å². The molecule has 1 heterocycles. The van der Waals surface area contributed by atoms with Gasteiger partial charge in [0.15, 0.2) is 0 Å². The maximum absolute atomic E-state index is 12.3. The molecule has 0 saturated carbocycles. The van der Waals surface area contributed by atoms with Crippen LogP contribution < -0.4 is 14.8 Å². The van der Waals surface area contributed by atoms with Crippen LogP contribution in [0.4, 0.5) is 0 Å². The highest BCUT2D eigenvalue weighted by Crippen LogP contribution is 2.33. The van der Waals surface area contributed by atoms with Crippen molar-refractivity contribution in [3.8, 4) is 23.0 Å². The predicted octanol–water partition coefficient (Wildman–Crippen LogP) is 4.49. The number of benzene rings is 2. The van der Waals surface area contributed by atoms with E-state index < -0.39 is 5.91 Å². The van der Waals surface area contributed by atoms with E-state index in [0.29, 0.717) is 39.5 Å². The fourth-order valence-electron chi connectivity index (χ4n) is 2.97. The summed E-state index contributed by atoms with van der Waals surface area (Å²) in [4.78, 5) is 24.5. The largest absolute Gasteiger partial charge is 0.497 e. The minimum atomic E-state index is -0.419. The predicted molar refractivity (Wildman–Crippen MR) is 126 cm³/mol. The maximum atomic E-state index is 12.3. The van der Waals surface area contributed by atoms with E-state index in [4.69, 9.17) is 13.9 Å². The fraction of sp³-hybridized carbons (Fsp3) is 0.333. The number of nitrogens with one attached hydrogen (secondary N) is 1. The molecule has 3 aromatic rings. The summed E-state index contributed by atoms with van der Waals surface area (Å²) >= 11 is 1.24. The van der Waals surface area contributed by atoms with E-state index in [9.17, 15) is 9.59 Å². The molecule has 9 heteroatoms. The summed E-state index contributed by atoms with van der Waals surface area (Å²) in [6, 6.07) is 12.5. The number of aromatic nitrogens is 2. The lowest BCUT2D eigenvalue weighted by molar-refractivity contribution is -0.119. The minimum Gasteiger partial charge on any atom is -0.497 e. The third kappa shape index (κ3) is 6.35. The molecule has 174 valence electrons. The monoisotopic (exact) mass is 469 g/mol. The highest BCUT2D eigenvalue weighted by molar-refractivity contribution is 7.99. The van der Waals surface area contributed by atoms with Gasteiger partial charge in [-0.3, -0.25) is 14.9 Å². The number of nitrogens with zero attached hydrogens (tertiary/aromatic N) is 2. The quantitative estimate of drug-likeness (QED) is 0.481. The van der Waals surface area contributed by atoms with E-state index in [0.717, 1.165) is 5.56 Å². The number of ether oxygens (including phenoxy) is 2. The molecule has 0 atom stereocenters. The molecule has 0 saturated heterocycles. The van der Waals surface area contributed by atoms with Crippen LogP contribution >= 0.6 is 11.8 Å². The van der Waals surface area contributed by atoms with Crippen LogP contribution in [0.25, 0.3) is 11.5 Å². The van der Waals surface area contributed by atoms with Gasteiger partial charge in [-0.15, -0.1) is 10.2 Å². The molecule has 0 bridgehead atoms. The van der Waals surface area contributed by atoms with Gasteiger partial charge in [-0.25, -0.2) is 0 Å². The standard InChI is InChI=1S/C24H27N3O5S/c1-24(2,3)16-8-6-15(7-9-16)21(29)25-20(28)12-13-33-23-27-26-22(32-23)18-11-10-17(30-4)14-19(18)31-5/h6-11,14H,12-13H2,1-5H3,(H,25,28,29). The molecule has 1 aromatic heterocycles. The van der Waals surface area contributed by atoms with E-state index in [-0.39, 0.29) is 17.7 Å². The Labute approximate surface area is 197 Å². The van der Waals surface area contributed by atoms with Gasteiger partial charge in [0, 0.05) is 23.8 Å². The number of imide groups is 1. The summed E-state index contributed by atoms with van der Waals surface area (Å²) in [5, 5.41) is 10.8. The summed E-state index contributed by atoms with van der Waals surface area (Å²) in [6.07, 6.45) is 0.125. The van der Waals surface area contributed by atoms with Crippen molar-refractivity contribution in [1.82, 2.24) is 15.5 Å². The van der Waals surface area contributed by atoms with Crippen molar-refractivity contribution in [2.75, 3.05) is 20.0 Å². The van der Waals surface area contributed by atoms with E-state index in [2.05, 4.69) is 36.3 Å². The topological polar surface area (TPSA) is 104 Å². The third-order valence-electron chi connectivity index (χ3n) is 4.87. The van der Waals surface area contributed by atoms with Crippen molar-refractivity contribution in [2.45, 2.75) is 37.8 Å². The van der Waals surface area contributed by atoms with Crippen LogP contribution in [-0.4, -0.2) is 42.0 Å². The molecule has 8 nitrogen and oxygen atoms in total. The fourth-order valence-corrected chi connectivity index (χ4v) is 3.66. The van der Waals surface area contributed by atoms with Gasteiger partial charge in [0.1, 0.15) is 11.5 Å². The molecule has 2 aromatic carbocycles. The average molecular weight is 470 g/mol. The SMILES string of the molecule is COc1ccc(-c2nnc(SCCC(=O)NC(=O)c3ccc(C(C)(C)C)cc3)o2)c(OC)c1. The molecule has 0 unspecified atom stereocenters. The molecule has 0 aliphatic carbocycles. The van der Waals surface area contributed by atoms with Gasteiger partial charge in [0.25, 0.3) is 17.0 Å². The van der Waals surface area contributed by atoms with Crippen molar-refractivity contribution in [3.05, 3.63) is 53.6 Å². The van der Waals surface area contributed by atoms with Gasteiger partial charge in [-0.1, -0.05) is 44.7 Å². The third-order valence-corrected chi connectivity index (χ3v) is 5.69. The molecule has 0 radical (unpaired) electrons. The lowest BCUT2D eigenvalue weighted by Crippen LogP contribution is -2.30. The molecule has 0 aliphatic heterocycles. The van der Waals surface area contributed by atoms with Crippen molar-refractivity contribution in [1.29, 1.82) is 0 Å². The zero-order valence-corrected chi connectivity index (χ0v) is 20.1. The second-order valence-electron chi connectivity index (χ2n) is 8.24. The Morgan fingerprint density at radius 1 is 1.03 bits per heavy atom. The van der Waals surface area contributed by atoms with Gasteiger partial charge >= 0.3 is 0 Å². The lowest BCUT2D eigenvalue weighted by Gasteiger charge is -2.18. The number of rotatable bonds is 8. The molecule has 0 aliphatic rings. The number of carbonyl (C=O) groups is 2. The van der Waals surface area contributed by atoms with Crippen LogP contribution in [0.5, 0.6) is 11.5 Å². The van der Waals surface area contributed by atoms with Crippen molar-refractivity contribution in [3.63, 3.8) is 0 Å². The molecule has 0 spiro atoms. The smallest absolute Gasteiger partial charge is 0.276 e. The van der Waals surface area contributed by atoms with Crippen LogP contribution in [0.2, 0.25) is 0 Å². The highest BCUT2D eigenvalue weighted by atomic mass is 32.2. The summed E-state index contributed by atoms with van der Waals surface area (Å²) in [7, 11) is 3.12. The van der Waals surface area contributed by atoms with Crippen molar-refractivity contribution in [2.24, 2.45) is 0 Å². The normalized spacial score (nSPS) is 11.2. The van der Waals surface area contributed by atoms with Gasteiger partial charge in [-0.2, -0.15) is 0 Å². The van der Waals surface area contributed by atoms with Crippen LogP contribution in [0, 0.1) is 0 Å². The Balaban J connectivity index is 1.51. The van der Waals surface area contributed by atoms with Crippen LogP contribution in [0.15, 0.2) is 52.1 Å². The first kappa shape index (κ1) is 24.3. The number of carbonyl (C=O) groups excluding carboxylic acids is 2. The van der Waals surface area contributed by atoms with Crippen LogP contribution in [-0.2, 0) is 10.2 Å². The van der Waals surface area contributed by atoms with E-state index in [1.165, 1.54) is 11.8 Å². The number of thioether (sulfide) groups is 1. The second-order valence-corrected chi connectivity index (χ2v) is 9.29. The Bertz CT molecular complexity index is 1120. The van der Waals surface area contributed by atoms with E-state index >= 15 is 0 Å². The van der Waals surface area contributed by atoms with Crippen LogP contribution in [0.3, 0.4) is 0 Å². The first-order chi connectivity index (χ1) is 15.7. The molecular weight excluding hydrogens is 442 g/mol. The summed E-state index contributed by atoms with van der Waals surface area (Å²) in [5.74, 6) is 1.08. The van der Waals surface area contributed by atoms with Gasteiger partial charge < -0.3 is 13.9 Å². The first-order valence-electron chi connectivity index (χ1n) is 10.3. The Morgan fingerprint density at radius 2 is 1.76 bits per heavy atom. The molecule has 2 amide bonds.